The van der Waals surface area contributed by atoms with Crippen molar-refractivity contribution in [2.24, 2.45) is 0 Å². The van der Waals surface area contributed by atoms with Crippen LogP contribution < -0.4 is 5.56 Å². The number of imidazole rings is 1. The topological polar surface area (TPSA) is 74.4 Å². The Balaban J connectivity index is 1.97. The van der Waals surface area contributed by atoms with Crippen LogP contribution in [-0.4, -0.2) is 19.9 Å². The van der Waals surface area contributed by atoms with Gasteiger partial charge in [-0.05, 0) is 49.2 Å². The quantitative estimate of drug-likeness (QED) is 0.529. The summed E-state index contributed by atoms with van der Waals surface area (Å²) in [7, 11) is 0. The van der Waals surface area contributed by atoms with E-state index in [1.807, 2.05) is 26.0 Å². The number of aromatic amines is 2. The molecule has 0 bridgehead atoms. The Morgan fingerprint density at radius 2 is 1.46 bits per heavy atom. The Labute approximate surface area is 146 Å². The van der Waals surface area contributed by atoms with Gasteiger partial charge in [0.1, 0.15) is 0 Å². The molecule has 2 aromatic carbocycles. The van der Waals surface area contributed by atoms with E-state index in [-0.39, 0.29) is 11.3 Å². The monoisotopic (exact) mass is 358 g/mol. The highest BCUT2D eigenvalue weighted by Crippen LogP contribution is 2.28. The first-order chi connectivity index (χ1) is 11.4. The molecule has 0 amide bonds. The van der Waals surface area contributed by atoms with Crippen LogP contribution in [0.5, 0.6) is 0 Å². The van der Waals surface area contributed by atoms with Crippen molar-refractivity contribution in [3.05, 3.63) is 55.8 Å². The summed E-state index contributed by atoms with van der Waals surface area (Å²) >= 11 is 12.0. The van der Waals surface area contributed by atoms with Crippen molar-refractivity contribution in [3.63, 3.8) is 0 Å². The summed E-state index contributed by atoms with van der Waals surface area (Å²) in [5.41, 5.74) is 4.87. The predicted octanol–water partition coefficient (Wildman–Crippen LogP) is 4.39. The molecule has 0 aliphatic heterocycles. The lowest BCUT2D eigenvalue weighted by Crippen LogP contribution is -2.12. The number of H-pyrrole nitrogens is 2. The second-order valence-electron chi connectivity index (χ2n) is 5.74. The summed E-state index contributed by atoms with van der Waals surface area (Å²) in [6.07, 6.45) is 0. The van der Waals surface area contributed by atoms with E-state index in [1.54, 1.807) is 12.1 Å². The largest absolute Gasteiger partial charge is 0.336 e. The number of nitrogens with one attached hydrogen (secondary N) is 2. The Kier molecular flexibility index (Phi) is 3.37. The van der Waals surface area contributed by atoms with Crippen molar-refractivity contribution >= 4 is 45.3 Å². The molecular weight excluding hydrogens is 347 g/mol. The summed E-state index contributed by atoms with van der Waals surface area (Å²) < 4.78 is 0. The highest BCUT2D eigenvalue weighted by atomic mass is 35.5. The van der Waals surface area contributed by atoms with Crippen LogP contribution in [0.1, 0.15) is 11.1 Å². The fraction of sp³-hybridized carbons (Fsp3) is 0.118. The van der Waals surface area contributed by atoms with E-state index in [0.717, 1.165) is 11.1 Å². The maximum atomic E-state index is 12.4. The fourth-order valence-corrected chi connectivity index (χ4v) is 2.95. The van der Waals surface area contributed by atoms with Crippen molar-refractivity contribution in [1.29, 1.82) is 0 Å². The molecule has 0 spiro atoms. The number of fused-ring (bicyclic) bond motifs is 2. The maximum Gasteiger partial charge on any atom is 0.278 e. The molecule has 4 aromatic rings. The predicted molar refractivity (Wildman–Crippen MR) is 96.9 cm³/mol. The number of aromatic nitrogens is 4. The van der Waals surface area contributed by atoms with Crippen LogP contribution in [0.15, 0.2) is 29.1 Å². The van der Waals surface area contributed by atoms with Gasteiger partial charge in [-0.3, -0.25) is 4.79 Å². The maximum absolute atomic E-state index is 12.4. The van der Waals surface area contributed by atoms with Gasteiger partial charge in [-0.25, -0.2) is 9.97 Å². The van der Waals surface area contributed by atoms with Gasteiger partial charge in [0.2, 0.25) is 0 Å². The second-order valence-corrected chi connectivity index (χ2v) is 6.55. The zero-order valence-corrected chi connectivity index (χ0v) is 14.4. The number of hydrogen-bond acceptors (Lipinski definition) is 3. The lowest BCUT2D eigenvalue weighted by atomic mass is 10.1. The highest BCUT2D eigenvalue weighted by molar-refractivity contribution is 6.42. The molecule has 2 heterocycles. The van der Waals surface area contributed by atoms with Gasteiger partial charge in [-0.1, -0.05) is 23.2 Å². The van der Waals surface area contributed by atoms with E-state index in [2.05, 4.69) is 19.9 Å². The van der Waals surface area contributed by atoms with Gasteiger partial charge in [0.05, 0.1) is 32.1 Å². The Hall–Kier alpha value is -2.37. The first-order valence-electron chi connectivity index (χ1n) is 7.29. The third-order valence-electron chi connectivity index (χ3n) is 4.06. The van der Waals surface area contributed by atoms with Gasteiger partial charge in [-0.2, -0.15) is 0 Å². The Morgan fingerprint density at radius 1 is 0.833 bits per heavy atom. The molecule has 4 rings (SSSR count). The minimum absolute atomic E-state index is 0.231. The SMILES string of the molecule is Cc1cc2nc(-c3nc4cc(Cl)c(Cl)cc4[nH]3)c(=O)[nH]c2cc1C. The first-order valence-corrected chi connectivity index (χ1v) is 8.04. The molecule has 0 aliphatic carbocycles. The Bertz CT molecular complexity index is 1140. The highest BCUT2D eigenvalue weighted by Gasteiger charge is 2.14. The van der Waals surface area contributed by atoms with Crippen LogP contribution in [0, 0.1) is 13.8 Å². The molecule has 7 heteroatoms. The molecule has 0 radical (unpaired) electrons. The summed E-state index contributed by atoms with van der Waals surface area (Å²) in [5, 5.41) is 0.833. The number of hydrogen-bond donors (Lipinski definition) is 2. The van der Waals surface area contributed by atoms with Gasteiger partial charge in [0.15, 0.2) is 11.5 Å². The molecule has 120 valence electrons. The van der Waals surface area contributed by atoms with E-state index in [0.29, 0.717) is 37.9 Å². The molecule has 0 atom stereocenters. The molecule has 2 aromatic heterocycles. The van der Waals surface area contributed by atoms with E-state index in [4.69, 9.17) is 23.2 Å². The van der Waals surface area contributed by atoms with Crippen LogP contribution in [0.4, 0.5) is 0 Å². The average Bonchev–Trinajstić information content (AvgIpc) is 2.91. The van der Waals surface area contributed by atoms with E-state index >= 15 is 0 Å². The third kappa shape index (κ3) is 2.37. The summed E-state index contributed by atoms with van der Waals surface area (Å²) in [6, 6.07) is 7.20. The molecule has 0 unspecified atom stereocenters. The van der Waals surface area contributed by atoms with Crippen molar-refractivity contribution in [2.45, 2.75) is 13.8 Å². The van der Waals surface area contributed by atoms with E-state index < -0.39 is 0 Å². The summed E-state index contributed by atoms with van der Waals surface area (Å²) in [5.74, 6) is 0.379. The van der Waals surface area contributed by atoms with Crippen molar-refractivity contribution < 1.29 is 0 Å². The van der Waals surface area contributed by atoms with Gasteiger partial charge in [0, 0.05) is 0 Å². The van der Waals surface area contributed by atoms with Crippen molar-refractivity contribution in [2.75, 3.05) is 0 Å². The van der Waals surface area contributed by atoms with E-state index in [1.165, 1.54) is 0 Å². The van der Waals surface area contributed by atoms with Crippen LogP contribution in [0.25, 0.3) is 33.6 Å². The summed E-state index contributed by atoms with van der Waals surface area (Å²) in [4.78, 5) is 27.2. The minimum Gasteiger partial charge on any atom is -0.336 e. The molecular formula is C17H12Cl2N4O. The number of aryl methyl sites for hydroxylation is 2. The van der Waals surface area contributed by atoms with Crippen molar-refractivity contribution in [3.8, 4) is 11.5 Å². The van der Waals surface area contributed by atoms with Crippen LogP contribution in [-0.2, 0) is 0 Å². The molecule has 0 fully saturated rings. The van der Waals surface area contributed by atoms with Crippen LogP contribution in [0.2, 0.25) is 10.0 Å². The lowest BCUT2D eigenvalue weighted by Gasteiger charge is -2.04. The van der Waals surface area contributed by atoms with Gasteiger partial charge < -0.3 is 9.97 Å². The Morgan fingerprint density at radius 3 is 2.25 bits per heavy atom. The zero-order chi connectivity index (χ0) is 17.0. The number of nitrogens with zero attached hydrogens (tertiary/aromatic N) is 2. The number of halogens is 2. The fourth-order valence-electron chi connectivity index (χ4n) is 2.62. The molecule has 5 nitrogen and oxygen atoms in total. The van der Waals surface area contributed by atoms with E-state index in [9.17, 15) is 4.79 Å². The first kappa shape index (κ1) is 15.2. The third-order valence-corrected chi connectivity index (χ3v) is 4.78. The van der Waals surface area contributed by atoms with Gasteiger partial charge in [0.25, 0.3) is 5.56 Å². The molecule has 24 heavy (non-hydrogen) atoms. The zero-order valence-electron chi connectivity index (χ0n) is 12.9. The van der Waals surface area contributed by atoms with Crippen molar-refractivity contribution in [1.82, 2.24) is 19.9 Å². The molecule has 0 saturated heterocycles. The average molecular weight is 359 g/mol. The lowest BCUT2D eigenvalue weighted by molar-refractivity contribution is 1.17. The standard InChI is InChI=1S/C17H12Cl2N4O/c1-7-3-11-12(4-8(7)2)23-17(24)15(20-11)16-21-13-5-9(18)10(19)6-14(13)22-16/h3-6H,1-2H3,(H,21,22)(H,23,24). The smallest absolute Gasteiger partial charge is 0.278 e. The van der Waals surface area contributed by atoms with Gasteiger partial charge in [-0.15, -0.1) is 0 Å². The second kappa shape index (κ2) is 5.33. The number of rotatable bonds is 1. The van der Waals surface area contributed by atoms with Crippen LogP contribution in [0.3, 0.4) is 0 Å². The summed E-state index contributed by atoms with van der Waals surface area (Å²) in [6.45, 7) is 4.00. The molecule has 2 N–H and O–H groups in total. The molecule has 0 aliphatic rings. The van der Waals surface area contributed by atoms with Gasteiger partial charge >= 0.3 is 0 Å². The number of benzene rings is 2. The minimum atomic E-state index is -0.304. The van der Waals surface area contributed by atoms with Crippen LogP contribution >= 0.6 is 23.2 Å². The molecule has 0 saturated carbocycles. The normalized spacial score (nSPS) is 11.5.